The van der Waals surface area contributed by atoms with Crippen LogP contribution in [0.15, 0.2) is 10.9 Å². The maximum atomic E-state index is 12.7. The molecule has 1 amide bonds. The van der Waals surface area contributed by atoms with Gasteiger partial charge in [-0.05, 0) is 26.8 Å². The molecule has 0 radical (unpaired) electrons. The van der Waals surface area contributed by atoms with E-state index in [0.717, 1.165) is 17.3 Å². The van der Waals surface area contributed by atoms with Gasteiger partial charge in [0.05, 0.1) is 12.6 Å². The van der Waals surface area contributed by atoms with Crippen molar-refractivity contribution in [2.24, 2.45) is 0 Å². The second-order valence-corrected chi connectivity index (χ2v) is 7.35. The van der Waals surface area contributed by atoms with Gasteiger partial charge in [0.25, 0.3) is 0 Å². The van der Waals surface area contributed by atoms with Gasteiger partial charge in [-0.2, -0.15) is 4.98 Å². The quantitative estimate of drug-likeness (QED) is 0.828. The molecule has 0 N–H and O–H groups in total. The Balaban J connectivity index is 1.71. The molecule has 0 saturated heterocycles. The Bertz CT molecular complexity index is 882. The van der Waals surface area contributed by atoms with E-state index in [-0.39, 0.29) is 24.1 Å². The van der Waals surface area contributed by atoms with Gasteiger partial charge in [0.2, 0.25) is 5.91 Å². The molecule has 1 atom stereocenters. The van der Waals surface area contributed by atoms with Crippen LogP contribution >= 0.6 is 0 Å². The lowest BCUT2D eigenvalue weighted by Crippen LogP contribution is -2.41. The average Bonchev–Trinajstić information content (AvgIpc) is 2.98. The number of fused-ring (bicyclic) bond motifs is 1. The van der Waals surface area contributed by atoms with Gasteiger partial charge in [0, 0.05) is 36.8 Å². The highest BCUT2D eigenvalue weighted by Gasteiger charge is 2.29. The van der Waals surface area contributed by atoms with Gasteiger partial charge in [-0.15, -0.1) is 10.2 Å². The molecule has 3 heterocycles. The zero-order valence-electron chi connectivity index (χ0n) is 16.1. The van der Waals surface area contributed by atoms with Crippen LogP contribution in [0.3, 0.4) is 0 Å². The molecule has 2 aromatic rings. The van der Waals surface area contributed by atoms with Crippen LogP contribution in [0.2, 0.25) is 0 Å². The van der Waals surface area contributed by atoms with E-state index in [1.807, 2.05) is 13.0 Å². The second kappa shape index (κ2) is 7.01. The molecule has 0 aliphatic carbocycles. The van der Waals surface area contributed by atoms with E-state index < -0.39 is 0 Å². The van der Waals surface area contributed by atoms with Gasteiger partial charge in [0.15, 0.2) is 5.82 Å². The fourth-order valence-electron chi connectivity index (χ4n) is 3.56. The van der Waals surface area contributed by atoms with Crippen LogP contribution < -0.4 is 5.69 Å². The van der Waals surface area contributed by atoms with Crippen molar-refractivity contribution in [1.29, 1.82) is 0 Å². The minimum absolute atomic E-state index is 0.0177. The molecule has 26 heavy (non-hydrogen) atoms. The SMILES string of the molecule is Cc1cc(C)n(CCC(=O)N2Cc3nnc(C(C)C)n3[C@@H](C)C2)c(=O)n1. The number of hydrogen-bond donors (Lipinski definition) is 0. The molecule has 2 aromatic heterocycles. The third-order valence-electron chi connectivity index (χ3n) is 4.82. The van der Waals surface area contributed by atoms with Gasteiger partial charge in [-0.3, -0.25) is 9.36 Å². The summed E-state index contributed by atoms with van der Waals surface area (Å²) >= 11 is 0. The molecular weight excluding hydrogens is 332 g/mol. The minimum atomic E-state index is -0.302. The van der Waals surface area contributed by atoms with Crippen molar-refractivity contribution in [3.8, 4) is 0 Å². The van der Waals surface area contributed by atoms with E-state index in [9.17, 15) is 9.59 Å². The van der Waals surface area contributed by atoms with Crippen LogP contribution in [-0.2, 0) is 17.9 Å². The summed E-state index contributed by atoms with van der Waals surface area (Å²) in [5.74, 6) is 2.10. The van der Waals surface area contributed by atoms with Crippen LogP contribution in [0.4, 0.5) is 0 Å². The number of amides is 1. The fourth-order valence-corrected chi connectivity index (χ4v) is 3.56. The van der Waals surface area contributed by atoms with Crippen molar-refractivity contribution < 1.29 is 4.79 Å². The molecule has 0 spiro atoms. The van der Waals surface area contributed by atoms with Gasteiger partial charge < -0.3 is 9.47 Å². The fraction of sp³-hybridized carbons (Fsp3) is 0.611. The second-order valence-electron chi connectivity index (χ2n) is 7.35. The molecule has 0 bridgehead atoms. The first-order chi connectivity index (χ1) is 12.3. The minimum Gasteiger partial charge on any atom is -0.333 e. The third-order valence-corrected chi connectivity index (χ3v) is 4.82. The maximum Gasteiger partial charge on any atom is 0.347 e. The normalized spacial score (nSPS) is 16.8. The topological polar surface area (TPSA) is 85.9 Å². The first-order valence-electron chi connectivity index (χ1n) is 9.04. The lowest BCUT2D eigenvalue weighted by atomic mass is 10.1. The highest BCUT2D eigenvalue weighted by Crippen LogP contribution is 2.25. The van der Waals surface area contributed by atoms with Crippen molar-refractivity contribution in [2.75, 3.05) is 6.54 Å². The molecule has 140 valence electrons. The van der Waals surface area contributed by atoms with E-state index in [4.69, 9.17) is 0 Å². The Kier molecular flexibility index (Phi) is 4.93. The van der Waals surface area contributed by atoms with Gasteiger partial charge in [-0.1, -0.05) is 13.8 Å². The first kappa shape index (κ1) is 18.3. The summed E-state index contributed by atoms with van der Waals surface area (Å²) < 4.78 is 3.70. The summed E-state index contributed by atoms with van der Waals surface area (Å²) in [6.07, 6.45) is 0.267. The highest BCUT2D eigenvalue weighted by molar-refractivity contribution is 5.76. The summed E-state index contributed by atoms with van der Waals surface area (Å²) in [5, 5.41) is 8.56. The number of carbonyl (C=O) groups excluding carboxylic acids is 1. The van der Waals surface area contributed by atoms with E-state index in [1.165, 1.54) is 0 Å². The summed E-state index contributed by atoms with van der Waals surface area (Å²) in [6.45, 7) is 11.4. The standard InChI is InChI=1S/C18H26N6O2/c1-11(2)17-21-20-15-10-22(9-14(5)24(15)17)16(25)6-7-23-13(4)8-12(3)19-18(23)26/h8,11,14H,6-7,9-10H2,1-5H3/t14-/m0/s1. The summed E-state index contributed by atoms with van der Waals surface area (Å²) in [5.41, 5.74) is 1.22. The smallest absolute Gasteiger partial charge is 0.333 e. The zero-order valence-corrected chi connectivity index (χ0v) is 16.1. The molecule has 1 aliphatic heterocycles. The van der Waals surface area contributed by atoms with E-state index >= 15 is 0 Å². The summed E-state index contributed by atoms with van der Waals surface area (Å²) in [6, 6.07) is 1.99. The molecule has 8 nitrogen and oxygen atoms in total. The predicted octanol–water partition coefficient (Wildman–Crippen LogP) is 1.57. The van der Waals surface area contributed by atoms with Gasteiger partial charge in [-0.25, -0.2) is 4.79 Å². The highest BCUT2D eigenvalue weighted by atomic mass is 16.2. The first-order valence-corrected chi connectivity index (χ1v) is 9.04. The van der Waals surface area contributed by atoms with Crippen molar-refractivity contribution in [3.63, 3.8) is 0 Å². The summed E-state index contributed by atoms with van der Waals surface area (Å²) in [4.78, 5) is 30.5. The monoisotopic (exact) mass is 358 g/mol. The Labute approximate surface area is 152 Å². The molecule has 8 heteroatoms. The molecule has 3 rings (SSSR count). The number of rotatable bonds is 4. The van der Waals surface area contributed by atoms with Crippen LogP contribution in [0.1, 0.15) is 62.2 Å². The number of aromatic nitrogens is 5. The lowest BCUT2D eigenvalue weighted by molar-refractivity contribution is -0.133. The van der Waals surface area contributed by atoms with E-state index in [0.29, 0.717) is 31.2 Å². The predicted molar refractivity (Wildman–Crippen MR) is 96.8 cm³/mol. The molecule has 0 aromatic carbocycles. The Morgan fingerprint density at radius 1 is 1.31 bits per heavy atom. The average molecular weight is 358 g/mol. The summed E-state index contributed by atoms with van der Waals surface area (Å²) in [7, 11) is 0. The van der Waals surface area contributed by atoms with Crippen LogP contribution in [0.25, 0.3) is 0 Å². The maximum absolute atomic E-state index is 12.7. The molecule has 0 unspecified atom stereocenters. The Morgan fingerprint density at radius 3 is 2.69 bits per heavy atom. The van der Waals surface area contributed by atoms with Crippen LogP contribution in [0.5, 0.6) is 0 Å². The van der Waals surface area contributed by atoms with E-state index in [1.54, 1.807) is 16.4 Å². The lowest BCUT2D eigenvalue weighted by Gasteiger charge is -2.33. The molecule has 1 aliphatic rings. The van der Waals surface area contributed by atoms with Crippen molar-refractivity contribution in [2.45, 2.75) is 66.1 Å². The van der Waals surface area contributed by atoms with Crippen LogP contribution in [0, 0.1) is 13.8 Å². The Morgan fingerprint density at radius 2 is 2.04 bits per heavy atom. The van der Waals surface area contributed by atoms with Gasteiger partial charge in [0.1, 0.15) is 5.82 Å². The van der Waals surface area contributed by atoms with Crippen molar-refractivity contribution in [1.82, 2.24) is 29.2 Å². The Hall–Kier alpha value is -2.51. The zero-order chi connectivity index (χ0) is 19.0. The number of aryl methyl sites for hydroxylation is 2. The van der Waals surface area contributed by atoms with Crippen molar-refractivity contribution >= 4 is 5.91 Å². The van der Waals surface area contributed by atoms with Gasteiger partial charge >= 0.3 is 5.69 Å². The van der Waals surface area contributed by atoms with Crippen molar-refractivity contribution in [3.05, 3.63) is 39.6 Å². The van der Waals surface area contributed by atoms with Crippen LogP contribution in [-0.4, -0.2) is 41.7 Å². The molecular formula is C18H26N6O2. The number of hydrogen-bond acceptors (Lipinski definition) is 5. The third kappa shape index (κ3) is 3.40. The number of carbonyl (C=O) groups is 1. The molecule has 0 saturated carbocycles. The van der Waals surface area contributed by atoms with E-state index in [2.05, 4.69) is 40.5 Å². The molecule has 0 fully saturated rings. The largest absolute Gasteiger partial charge is 0.347 e. The number of nitrogens with zero attached hydrogens (tertiary/aromatic N) is 6.